The van der Waals surface area contributed by atoms with Crippen LogP contribution in [0.25, 0.3) is 0 Å². The van der Waals surface area contributed by atoms with Crippen molar-refractivity contribution in [3.63, 3.8) is 0 Å². The van der Waals surface area contributed by atoms with Gasteiger partial charge in [-0.1, -0.05) is 12.1 Å². The number of halogens is 1. The molecule has 0 saturated carbocycles. The number of hydrogen-bond donors (Lipinski definition) is 2. The number of carbonyl (C=O) groups is 1. The second-order valence-corrected chi connectivity index (χ2v) is 3.84. The highest BCUT2D eigenvalue weighted by atomic mass is 35.5. The van der Waals surface area contributed by atoms with Crippen LogP contribution in [0, 0.1) is 0 Å². The lowest BCUT2D eigenvalue weighted by Crippen LogP contribution is -2.35. The number of ether oxygens (including phenoxy) is 1. The minimum absolute atomic E-state index is 0. The predicted molar refractivity (Wildman–Crippen MR) is 69.9 cm³/mol. The van der Waals surface area contributed by atoms with Crippen LogP contribution in [0.5, 0.6) is 5.75 Å². The molecule has 0 radical (unpaired) electrons. The third kappa shape index (κ3) is 3.35. The van der Waals surface area contributed by atoms with E-state index in [0.29, 0.717) is 5.75 Å². The predicted octanol–water partition coefficient (Wildman–Crippen LogP) is 1.81. The van der Waals surface area contributed by atoms with Crippen molar-refractivity contribution in [3.8, 4) is 5.75 Å². The van der Waals surface area contributed by atoms with Gasteiger partial charge in [-0.05, 0) is 31.5 Å². The van der Waals surface area contributed by atoms with Crippen LogP contribution >= 0.6 is 12.4 Å². The van der Waals surface area contributed by atoms with Gasteiger partial charge in [-0.2, -0.15) is 0 Å². The Balaban J connectivity index is 0.00000144. The number of carbonyl (C=O) groups excluding carboxylic acids is 1. The molecule has 1 aromatic rings. The standard InChI is InChI=1S/C12H16N2O2.ClH/c1-16-11-7-3-2-5-9(11)14-12(15)10-6-4-8-13-10;/h2-3,5,7,10,13H,4,6,8H2,1H3,(H,14,15);1H. The summed E-state index contributed by atoms with van der Waals surface area (Å²) in [6, 6.07) is 7.36. The first-order chi connectivity index (χ1) is 7.81. The van der Waals surface area contributed by atoms with Gasteiger partial charge in [0.05, 0.1) is 18.8 Å². The van der Waals surface area contributed by atoms with E-state index in [1.165, 1.54) is 0 Å². The highest BCUT2D eigenvalue weighted by Gasteiger charge is 2.22. The molecule has 0 aliphatic carbocycles. The molecule has 0 spiro atoms. The third-order valence-electron chi connectivity index (χ3n) is 2.74. The number of para-hydroxylation sites is 2. The van der Waals surface area contributed by atoms with E-state index in [-0.39, 0.29) is 24.4 Å². The van der Waals surface area contributed by atoms with E-state index in [2.05, 4.69) is 10.6 Å². The fraction of sp³-hybridized carbons (Fsp3) is 0.417. The number of benzene rings is 1. The van der Waals surface area contributed by atoms with Gasteiger partial charge in [0.15, 0.2) is 0 Å². The van der Waals surface area contributed by atoms with Crippen LogP contribution in [-0.2, 0) is 4.79 Å². The van der Waals surface area contributed by atoms with Gasteiger partial charge in [0.1, 0.15) is 5.75 Å². The lowest BCUT2D eigenvalue weighted by molar-refractivity contribution is -0.117. The first-order valence-electron chi connectivity index (χ1n) is 5.48. The molecule has 1 saturated heterocycles. The zero-order valence-electron chi connectivity index (χ0n) is 9.73. The van der Waals surface area contributed by atoms with E-state index in [1.807, 2.05) is 24.3 Å². The molecule has 17 heavy (non-hydrogen) atoms. The third-order valence-corrected chi connectivity index (χ3v) is 2.74. The van der Waals surface area contributed by atoms with Gasteiger partial charge in [-0.3, -0.25) is 4.79 Å². The highest BCUT2D eigenvalue weighted by Crippen LogP contribution is 2.23. The normalized spacial score (nSPS) is 18.3. The Kier molecular flexibility index (Phi) is 5.25. The van der Waals surface area contributed by atoms with Gasteiger partial charge in [-0.25, -0.2) is 0 Å². The number of anilines is 1. The monoisotopic (exact) mass is 256 g/mol. The molecule has 4 nitrogen and oxygen atoms in total. The van der Waals surface area contributed by atoms with Crippen LogP contribution in [0.4, 0.5) is 5.69 Å². The van der Waals surface area contributed by atoms with E-state index >= 15 is 0 Å². The number of nitrogens with one attached hydrogen (secondary N) is 2. The summed E-state index contributed by atoms with van der Waals surface area (Å²) in [5.41, 5.74) is 0.726. The van der Waals surface area contributed by atoms with Crippen molar-refractivity contribution in [1.82, 2.24) is 5.32 Å². The Hall–Kier alpha value is -1.26. The SMILES string of the molecule is COc1ccccc1NC(=O)C1CCCN1.Cl. The molecular weight excluding hydrogens is 240 g/mol. The number of hydrogen-bond acceptors (Lipinski definition) is 3. The summed E-state index contributed by atoms with van der Waals surface area (Å²) in [6.07, 6.45) is 1.96. The minimum Gasteiger partial charge on any atom is -0.495 e. The van der Waals surface area contributed by atoms with Crippen molar-refractivity contribution in [1.29, 1.82) is 0 Å². The minimum atomic E-state index is -0.0649. The second kappa shape index (κ2) is 6.47. The average Bonchev–Trinajstić information content (AvgIpc) is 2.83. The van der Waals surface area contributed by atoms with E-state index < -0.39 is 0 Å². The molecule has 1 unspecified atom stereocenters. The van der Waals surface area contributed by atoms with E-state index in [9.17, 15) is 4.79 Å². The van der Waals surface area contributed by atoms with Gasteiger partial charge >= 0.3 is 0 Å². The zero-order valence-corrected chi connectivity index (χ0v) is 10.5. The van der Waals surface area contributed by atoms with Gasteiger partial charge < -0.3 is 15.4 Å². The smallest absolute Gasteiger partial charge is 0.241 e. The number of methoxy groups -OCH3 is 1. The summed E-state index contributed by atoms with van der Waals surface area (Å²) in [5.74, 6) is 0.704. The van der Waals surface area contributed by atoms with E-state index in [0.717, 1.165) is 25.1 Å². The Morgan fingerprint density at radius 1 is 1.47 bits per heavy atom. The van der Waals surface area contributed by atoms with Gasteiger partial charge in [0.2, 0.25) is 5.91 Å². The maximum atomic E-state index is 11.9. The molecule has 1 aliphatic heterocycles. The first kappa shape index (κ1) is 13.8. The topological polar surface area (TPSA) is 50.4 Å². The summed E-state index contributed by atoms with van der Waals surface area (Å²) in [7, 11) is 1.60. The van der Waals surface area contributed by atoms with Crippen molar-refractivity contribution in [2.45, 2.75) is 18.9 Å². The molecule has 1 heterocycles. The fourth-order valence-electron chi connectivity index (χ4n) is 1.88. The van der Waals surface area contributed by atoms with Crippen molar-refractivity contribution in [3.05, 3.63) is 24.3 Å². The summed E-state index contributed by atoms with van der Waals surface area (Å²) >= 11 is 0. The fourth-order valence-corrected chi connectivity index (χ4v) is 1.88. The van der Waals surface area contributed by atoms with E-state index in [1.54, 1.807) is 7.11 Å². The van der Waals surface area contributed by atoms with Gasteiger partial charge in [0, 0.05) is 0 Å². The van der Waals surface area contributed by atoms with Crippen LogP contribution in [0.2, 0.25) is 0 Å². The van der Waals surface area contributed by atoms with Crippen LogP contribution in [0.15, 0.2) is 24.3 Å². The molecule has 5 heteroatoms. The average molecular weight is 257 g/mol. The molecule has 1 aromatic carbocycles. The first-order valence-corrected chi connectivity index (χ1v) is 5.48. The molecule has 1 atom stereocenters. The largest absolute Gasteiger partial charge is 0.495 e. The number of amides is 1. The summed E-state index contributed by atoms with van der Waals surface area (Å²) in [6.45, 7) is 0.921. The summed E-state index contributed by atoms with van der Waals surface area (Å²) in [5, 5.41) is 6.04. The van der Waals surface area contributed by atoms with Crippen molar-refractivity contribution < 1.29 is 9.53 Å². The summed E-state index contributed by atoms with van der Waals surface area (Å²) < 4.78 is 5.17. The Morgan fingerprint density at radius 2 is 2.24 bits per heavy atom. The quantitative estimate of drug-likeness (QED) is 0.867. The van der Waals surface area contributed by atoms with Crippen molar-refractivity contribution in [2.24, 2.45) is 0 Å². The zero-order chi connectivity index (χ0) is 11.4. The maximum Gasteiger partial charge on any atom is 0.241 e. The molecule has 2 N–H and O–H groups in total. The van der Waals surface area contributed by atoms with Crippen LogP contribution in [0.1, 0.15) is 12.8 Å². The molecule has 0 bridgehead atoms. The maximum absolute atomic E-state index is 11.9. The van der Waals surface area contributed by atoms with Gasteiger partial charge in [0.25, 0.3) is 0 Å². The summed E-state index contributed by atoms with van der Waals surface area (Å²) in [4.78, 5) is 11.9. The molecule has 1 fully saturated rings. The highest BCUT2D eigenvalue weighted by molar-refractivity contribution is 5.96. The Labute approximate surface area is 107 Å². The van der Waals surface area contributed by atoms with E-state index in [4.69, 9.17) is 4.74 Å². The molecular formula is C12H17ClN2O2. The van der Waals surface area contributed by atoms with Crippen LogP contribution in [-0.4, -0.2) is 25.6 Å². The van der Waals surface area contributed by atoms with Crippen molar-refractivity contribution >= 4 is 24.0 Å². The Morgan fingerprint density at radius 3 is 2.88 bits per heavy atom. The molecule has 2 rings (SSSR count). The lowest BCUT2D eigenvalue weighted by atomic mass is 10.2. The van der Waals surface area contributed by atoms with Crippen molar-refractivity contribution in [2.75, 3.05) is 19.0 Å². The molecule has 0 aromatic heterocycles. The molecule has 94 valence electrons. The molecule has 1 aliphatic rings. The van der Waals surface area contributed by atoms with Crippen LogP contribution in [0.3, 0.4) is 0 Å². The second-order valence-electron chi connectivity index (χ2n) is 3.84. The molecule has 1 amide bonds. The number of rotatable bonds is 3. The Bertz CT molecular complexity index is 379. The van der Waals surface area contributed by atoms with Gasteiger partial charge in [-0.15, -0.1) is 12.4 Å². The van der Waals surface area contributed by atoms with Crippen LogP contribution < -0.4 is 15.4 Å². The lowest BCUT2D eigenvalue weighted by Gasteiger charge is -2.13.